The van der Waals surface area contributed by atoms with Gasteiger partial charge in [0.2, 0.25) is 0 Å². The van der Waals surface area contributed by atoms with E-state index in [9.17, 15) is 9.59 Å². The minimum atomic E-state index is -0.405. The van der Waals surface area contributed by atoms with Crippen LogP contribution in [0.4, 0.5) is 5.00 Å². The van der Waals surface area contributed by atoms with Crippen LogP contribution in [0, 0.1) is 0 Å². The molecule has 1 aliphatic carbocycles. The lowest BCUT2D eigenvalue weighted by molar-refractivity contribution is 0.0526. The lowest BCUT2D eigenvalue weighted by Crippen LogP contribution is -2.34. The van der Waals surface area contributed by atoms with Crippen molar-refractivity contribution >= 4 is 57.1 Å². The molecule has 3 rings (SSSR count). The van der Waals surface area contributed by atoms with Crippen molar-refractivity contribution < 1.29 is 14.3 Å². The van der Waals surface area contributed by atoms with Gasteiger partial charge >= 0.3 is 5.97 Å². The Labute approximate surface area is 172 Å². The molecule has 0 unspecified atom stereocenters. The molecule has 2 aromatic rings. The van der Waals surface area contributed by atoms with Crippen LogP contribution in [0.1, 0.15) is 50.9 Å². The van der Waals surface area contributed by atoms with Crippen molar-refractivity contribution in [3.05, 3.63) is 50.9 Å². The van der Waals surface area contributed by atoms with Gasteiger partial charge < -0.3 is 10.1 Å². The summed E-state index contributed by atoms with van der Waals surface area (Å²) in [7, 11) is 0. The number of thiocarbonyl (C=S) groups is 1. The van der Waals surface area contributed by atoms with E-state index in [0.717, 1.165) is 31.2 Å². The molecule has 0 atom stereocenters. The molecule has 0 saturated carbocycles. The Kier molecular flexibility index (Phi) is 6.46. The first-order valence-electron chi connectivity index (χ1n) is 8.69. The van der Waals surface area contributed by atoms with Crippen LogP contribution in [0.2, 0.25) is 5.02 Å². The summed E-state index contributed by atoms with van der Waals surface area (Å²) >= 11 is 12.8. The molecule has 1 aromatic carbocycles. The number of nitrogens with one attached hydrogen (secondary N) is 2. The Morgan fingerprint density at radius 1 is 1.26 bits per heavy atom. The zero-order valence-corrected chi connectivity index (χ0v) is 17.2. The monoisotopic (exact) mass is 422 g/mol. The highest BCUT2D eigenvalue weighted by Gasteiger charge is 2.27. The molecule has 5 nitrogen and oxygen atoms in total. The Hall–Kier alpha value is -1.96. The lowest BCUT2D eigenvalue weighted by Gasteiger charge is -2.13. The fourth-order valence-corrected chi connectivity index (χ4v) is 4.79. The smallest absolute Gasteiger partial charge is 0.341 e. The first-order chi connectivity index (χ1) is 13.0. The minimum absolute atomic E-state index is 0.115. The zero-order valence-electron chi connectivity index (χ0n) is 14.8. The molecule has 8 heteroatoms. The van der Waals surface area contributed by atoms with E-state index in [0.29, 0.717) is 27.8 Å². The van der Waals surface area contributed by atoms with Gasteiger partial charge in [-0.25, -0.2) is 4.79 Å². The van der Waals surface area contributed by atoms with Crippen LogP contribution in [0.25, 0.3) is 0 Å². The minimum Gasteiger partial charge on any atom is -0.462 e. The predicted molar refractivity (Wildman–Crippen MR) is 112 cm³/mol. The summed E-state index contributed by atoms with van der Waals surface area (Å²) in [4.78, 5) is 26.0. The normalized spacial score (nSPS) is 12.8. The molecular weight excluding hydrogens is 404 g/mol. The van der Waals surface area contributed by atoms with Crippen LogP contribution in [0.3, 0.4) is 0 Å². The number of carbonyl (C=O) groups excluding carboxylic acids is 2. The Balaban J connectivity index is 1.79. The number of thiophene rings is 1. The van der Waals surface area contributed by atoms with Gasteiger partial charge in [-0.15, -0.1) is 11.3 Å². The van der Waals surface area contributed by atoms with Crippen molar-refractivity contribution in [1.29, 1.82) is 0 Å². The summed E-state index contributed by atoms with van der Waals surface area (Å²) in [6.45, 7) is 2.08. The molecule has 0 radical (unpaired) electrons. The van der Waals surface area contributed by atoms with Crippen molar-refractivity contribution in [3.8, 4) is 0 Å². The highest BCUT2D eigenvalue weighted by atomic mass is 35.5. The first kappa shape index (κ1) is 19.8. The van der Waals surface area contributed by atoms with Gasteiger partial charge in [0, 0.05) is 4.88 Å². The maximum Gasteiger partial charge on any atom is 0.341 e. The standard InChI is InChI=1S/C19H19ClN2O3S2/c1-2-25-18(24)15-12-8-4-6-10-14(12)27-17(15)22-19(26)21-16(23)11-7-3-5-9-13(11)20/h3,5,7,9H,2,4,6,8,10H2,1H3,(H2,21,22,23,26). The van der Waals surface area contributed by atoms with Gasteiger partial charge in [0.15, 0.2) is 5.11 Å². The first-order valence-corrected chi connectivity index (χ1v) is 10.3. The molecule has 1 heterocycles. The fraction of sp³-hybridized carbons (Fsp3) is 0.316. The van der Waals surface area contributed by atoms with E-state index < -0.39 is 5.91 Å². The Morgan fingerprint density at radius 2 is 2.00 bits per heavy atom. The van der Waals surface area contributed by atoms with Crippen LogP contribution in [-0.4, -0.2) is 23.6 Å². The van der Waals surface area contributed by atoms with Crippen LogP contribution in [0.15, 0.2) is 24.3 Å². The second-order valence-electron chi connectivity index (χ2n) is 6.02. The van der Waals surface area contributed by atoms with Crippen LogP contribution < -0.4 is 10.6 Å². The molecule has 1 aromatic heterocycles. The highest BCUT2D eigenvalue weighted by Crippen LogP contribution is 2.38. The number of ether oxygens (including phenoxy) is 1. The molecule has 1 amide bonds. The molecule has 0 saturated heterocycles. The zero-order chi connectivity index (χ0) is 19.4. The average Bonchev–Trinajstić information content (AvgIpc) is 2.99. The Morgan fingerprint density at radius 3 is 2.74 bits per heavy atom. The Bertz CT molecular complexity index is 895. The SMILES string of the molecule is CCOC(=O)c1c(NC(=S)NC(=O)c2ccccc2Cl)sc2c1CCCC2. The molecule has 27 heavy (non-hydrogen) atoms. The maximum atomic E-state index is 12.5. The third-order valence-electron chi connectivity index (χ3n) is 4.22. The van der Waals surface area contributed by atoms with E-state index in [-0.39, 0.29) is 11.1 Å². The van der Waals surface area contributed by atoms with E-state index in [1.807, 2.05) is 0 Å². The molecule has 2 N–H and O–H groups in total. The molecule has 0 spiro atoms. The molecule has 1 aliphatic rings. The van der Waals surface area contributed by atoms with Gasteiger partial charge in [-0.05, 0) is 62.5 Å². The second-order valence-corrected chi connectivity index (χ2v) is 7.94. The molecule has 0 aliphatic heterocycles. The van der Waals surface area contributed by atoms with Crippen molar-refractivity contribution in [3.63, 3.8) is 0 Å². The summed E-state index contributed by atoms with van der Waals surface area (Å²) in [5.41, 5.74) is 1.90. The van der Waals surface area contributed by atoms with E-state index >= 15 is 0 Å². The van der Waals surface area contributed by atoms with Crippen molar-refractivity contribution in [2.45, 2.75) is 32.6 Å². The van der Waals surface area contributed by atoms with Crippen molar-refractivity contribution in [2.75, 3.05) is 11.9 Å². The number of rotatable bonds is 4. The number of amides is 1. The summed E-state index contributed by atoms with van der Waals surface area (Å²) in [6.07, 6.45) is 3.93. The number of anilines is 1. The van der Waals surface area contributed by atoms with Gasteiger partial charge in [-0.2, -0.15) is 0 Å². The van der Waals surface area contributed by atoms with Crippen LogP contribution in [-0.2, 0) is 17.6 Å². The predicted octanol–water partition coefficient (Wildman–Crippen LogP) is 4.58. The summed E-state index contributed by atoms with van der Waals surface area (Å²) in [5.74, 6) is -0.767. The number of esters is 1. The number of aryl methyl sites for hydroxylation is 1. The summed E-state index contributed by atoms with van der Waals surface area (Å²) in [5, 5.41) is 6.69. The maximum absolute atomic E-state index is 12.5. The van der Waals surface area contributed by atoms with Gasteiger partial charge in [-0.3, -0.25) is 10.1 Å². The topological polar surface area (TPSA) is 67.4 Å². The number of carbonyl (C=O) groups is 2. The molecule has 0 fully saturated rings. The largest absolute Gasteiger partial charge is 0.462 e. The average molecular weight is 423 g/mol. The molecule has 142 valence electrons. The van der Waals surface area contributed by atoms with Crippen molar-refractivity contribution in [1.82, 2.24) is 5.32 Å². The summed E-state index contributed by atoms with van der Waals surface area (Å²) in [6, 6.07) is 6.73. The number of hydrogen-bond donors (Lipinski definition) is 2. The molecular formula is C19H19ClN2O3S2. The fourth-order valence-electron chi connectivity index (χ4n) is 3.02. The number of hydrogen-bond acceptors (Lipinski definition) is 5. The van der Waals surface area contributed by atoms with Crippen molar-refractivity contribution in [2.24, 2.45) is 0 Å². The second kappa shape index (κ2) is 8.82. The third-order valence-corrected chi connectivity index (χ3v) is 5.96. The van der Waals surface area contributed by atoms with Crippen LogP contribution in [0.5, 0.6) is 0 Å². The van der Waals surface area contributed by atoms with E-state index in [1.54, 1.807) is 31.2 Å². The number of halogens is 1. The number of benzene rings is 1. The van der Waals surface area contributed by atoms with E-state index in [2.05, 4.69) is 10.6 Å². The number of fused-ring (bicyclic) bond motifs is 1. The van der Waals surface area contributed by atoms with Gasteiger partial charge in [0.25, 0.3) is 5.91 Å². The van der Waals surface area contributed by atoms with E-state index in [1.165, 1.54) is 16.2 Å². The van der Waals surface area contributed by atoms with Gasteiger partial charge in [0.05, 0.1) is 22.8 Å². The highest BCUT2D eigenvalue weighted by molar-refractivity contribution is 7.80. The molecule has 0 bridgehead atoms. The summed E-state index contributed by atoms with van der Waals surface area (Å²) < 4.78 is 5.22. The van der Waals surface area contributed by atoms with E-state index in [4.69, 9.17) is 28.6 Å². The van der Waals surface area contributed by atoms with Gasteiger partial charge in [0.1, 0.15) is 5.00 Å². The quantitative estimate of drug-likeness (QED) is 0.557. The van der Waals surface area contributed by atoms with Crippen LogP contribution >= 0.6 is 35.2 Å². The third kappa shape index (κ3) is 4.48. The van der Waals surface area contributed by atoms with Gasteiger partial charge in [-0.1, -0.05) is 23.7 Å². The lowest BCUT2D eigenvalue weighted by atomic mass is 9.95.